The van der Waals surface area contributed by atoms with Crippen molar-refractivity contribution in [1.29, 1.82) is 0 Å². The van der Waals surface area contributed by atoms with Gasteiger partial charge in [0.15, 0.2) is 0 Å². The van der Waals surface area contributed by atoms with Gasteiger partial charge in [-0.3, -0.25) is 4.79 Å². The molecule has 0 aliphatic carbocycles. The molecule has 1 rings (SSSR count). The monoisotopic (exact) mass is 101 g/mol. The summed E-state index contributed by atoms with van der Waals surface area (Å²) in [6.07, 6.45) is 3.13. The van der Waals surface area contributed by atoms with E-state index in [4.69, 9.17) is 0 Å². The lowest BCUT2D eigenvalue weighted by atomic mass is 10.4. The van der Waals surface area contributed by atoms with Crippen LogP contribution in [0.1, 0.15) is 12.8 Å². The second-order valence-electron chi connectivity index (χ2n) is 1.24. The van der Waals surface area contributed by atoms with Crippen LogP contribution in [0, 0.1) is 0 Å². The molecule has 7 heavy (non-hydrogen) atoms. The molecule has 0 aromatic heterocycles. The van der Waals surface area contributed by atoms with E-state index in [9.17, 15) is 4.79 Å². The van der Waals surface area contributed by atoms with Gasteiger partial charge in [-0.1, -0.05) is 0 Å². The molecule has 3 nitrogen and oxygen atoms in total. The minimum Gasteiger partial charge on any atom is -0.412 e. The van der Waals surface area contributed by atoms with Crippen molar-refractivity contribution in [2.24, 2.45) is 4.99 Å². The van der Waals surface area contributed by atoms with E-state index in [-0.39, 0.29) is 11.4 Å². The average molecular weight is 101 g/mol. The van der Waals surface area contributed by atoms with Crippen molar-refractivity contribution in [1.82, 2.24) is 0 Å². The number of rotatable bonds is 0. The van der Waals surface area contributed by atoms with E-state index in [1.807, 2.05) is 0 Å². The van der Waals surface area contributed by atoms with Crippen LogP contribution in [0.15, 0.2) is 4.99 Å². The van der Waals surface area contributed by atoms with Crippen LogP contribution in [0.25, 0.3) is 0 Å². The Balaban J connectivity index is 0.000000360. The lowest BCUT2D eigenvalue weighted by Gasteiger charge is -1.69. The number of amides is 1. The van der Waals surface area contributed by atoms with Crippen molar-refractivity contribution in [2.45, 2.75) is 12.8 Å². The molecule has 0 fully saturated rings. The zero-order valence-electron chi connectivity index (χ0n) is 3.85. The zero-order valence-corrected chi connectivity index (χ0v) is 3.85. The summed E-state index contributed by atoms with van der Waals surface area (Å²) in [5, 5.41) is 0. The van der Waals surface area contributed by atoms with Gasteiger partial charge in [0.25, 0.3) is 0 Å². The van der Waals surface area contributed by atoms with E-state index in [2.05, 4.69) is 4.99 Å². The van der Waals surface area contributed by atoms with Gasteiger partial charge in [0, 0.05) is 12.6 Å². The van der Waals surface area contributed by atoms with Crippen LogP contribution in [-0.4, -0.2) is 17.6 Å². The molecular weight excluding hydrogens is 94.0 g/mol. The van der Waals surface area contributed by atoms with Crippen molar-refractivity contribution < 1.29 is 10.3 Å². The van der Waals surface area contributed by atoms with Gasteiger partial charge in [-0.15, -0.1) is 0 Å². The molecule has 1 heterocycles. The number of hydrogen-bond donors (Lipinski definition) is 0. The van der Waals surface area contributed by atoms with Crippen LogP contribution >= 0.6 is 0 Å². The fourth-order valence-electron chi connectivity index (χ4n) is 0.419. The number of nitrogens with zero attached hydrogens (tertiary/aromatic N) is 1. The van der Waals surface area contributed by atoms with E-state index in [0.717, 1.165) is 6.42 Å². The van der Waals surface area contributed by atoms with Crippen LogP contribution in [0.3, 0.4) is 0 Å². The summed E-state index contributed by atoms with van der Waals surface area (Å²) in [5.74, 6) is 0.0231. The Morgan fingerprint density at radius 2 is 2.43 bits per heavy atom. The van der Waals surface area contributed by atoms with Crippen LogP contribution in [-0.2, 0) is 4.79 Å². The predicted molar refractivity (Wildman–Crippen MR) is 26.3 cm³/mol. The fraction of sp³-hybridized carbons (Fsp3) is 0.500. The normalized spacial score (nSPS) is 16.9. The maximum atomic E-state index is 10.0. The molecule has 0 atom stereocenters. The minimum atomic E-state index is 0. The molecule has 0 aromatic carbocycles. The molecule has 0 spiro atoms. The Bertz CT molecular complexity index is 97.9. The Morgan fingerprint density at radius 3 is 2.57 bits per heavy atom. The van der Waals surface area contributed by atoms with Crippen molar-refractivity contribution in [3.8, 4) is 0 Å². The first-order valence-electron chi connectivity index (χ1n) is 1.95. The highest BCUT2D eigenvalue weighted by atomic mass is 16.1. The van der Waals surface area contributed by atoms with Crippen LogP contribution < -0.4 is 0 Å². The highest BCUT2D eigenvalue weighted by molar-refractivity contribution is 5.91. The number of carbonyl (C=O) groups excluding carboxylic acids is 1. The summed E-state index contributed by atoms with van der Waals surface area (Å²) < 4.78 is 0. The minimum absolute atomic E-state index is 0. The van der Waals surface area contributed by atoms with Gasteiger partial charge < -0.3 is 5.48 Å². The molecule has 2 N–H and O–H groups in total. The number of aliphatic imine (C=N–C) groups is 1. The Hall–Kier alpha value is -0.700. The van der Waals surface area contributed by atoms with E-state index >= 15 is 0 Å². The van der Waals surface area contributed by atoms with Gasteiger partial charge in [0.05, 0.1) is 0 Å². The summed E-state index contributed by atoms with van der Waals surface area (Å²) in [6.45, 7) is 0. The summed E-state index contributed by atoms with van der Waals surface area (Å²) in [4.78, 5) is 13.5. The first-order valence-corrected chi connectivity index (χ1v) is 1.95. The Morgan fingerprint density at radius 1 is 1.71 bits per heavy atom. The molecule has 1 aliphatic heterocycles. The van der Waals surface area contributed by atoms with Crippen molar-refractivity contribution in [3.05, 3.63) is 0 Å². The van der Waals surface area contributed by atoms with Gasteiger partial charge in [0.1, 0.15) is 0 Å². The third-order valence-corrected chi connectivity index (χ3v) is 0.723. The molecule has 0 saturated carbocycles. The average Bonchev–Trinajstić information content (AvgIpc) is 1.86. The highest BCUT2D eigenvalue weighted by Crippen LogP contribution is 1.95. The van der Waals surface area contributed by atoms with E-state index < -0.39 is 0 Å². The predicted octanol–water partition coefficient (Wildman–Crippen LogP) is -0.447. The zero-order chi connectivity index (χ0) is 4.41. The van der Waals surface area contributed by atoms with Crippen LogP contribution in [0.2, 0.25) is 0 Å². The molecule has 0 unspecified atom stereocenters. The van der Waals surface area contributed by atoms with Gasteiger partial charge >= 0.3 is 0 Å². The molecule has 0 bridgehead atoms. The molecule has 40 valence electrons. The van der Waals surface area contributed by atoms with Crippen molar-refractivity contribution in [3.63, 3.8) is 0 Å². The molecular formula is C4H7NO2. The van der Waals surface area contributed by atoms with Crippen molar-refractivity contribution >= 4 is 12.1 Å². The van der Waals surface area contributed by atoms with Crippen LogP contribution in [0.5, 0.6) is 0 Å². The molecule has 1 amide bonds. The topological polar surface area (TPSA) is 60.9 Å². The van der Waals surface area contributed by atoms with Gasteiger partial charge in [-0.05, 0) is 6.42 Å². The SMILES string of the molecule is O.O=C1CCC=N1. The second-order valence-corrected chi connectivity index (χ2v) is 1.24. The highest BCUT2D eigenvalue weighted by Gasteiger charge is 2.00. The second kappa shape index (κ2) is 2.47. The van der Waals surface area contributed by atoms with Gasteiger partial charge in [0.2, 0.25) is 5.91 Å². The maximum absolute atomic E-state index is 10.0. The maximum Gasteiger partial charge on any atom is 0.245 e. The third kappa shape index (κ3) is 1.45. The summed E-state index contributed by atoms with van der Waals surface area (Å²) in [6, 6.07) is 0. The summed E-state index contributed by atoms with van der Waals surface area (Å²) in [5.41, 5.74) is 0. The lowest BCUT2D eigenvalue weighted by Crippen LogP contribution is -1.79. The van der Waals surface area contributed by atoms with Gasteiger partial charge in [-0.25, -0.2) is 4.99 Å². The van der Waals surface area contributed by atoms with Crippen LogP contribution in [0.4, 0.5) is 0 Å². The molecule has 0 aromatic rings. The molecule has 0 saturated heterocycles. The molecule has 0 radical (unpaired) electrons. The summed E-state index contributed by atoms with van der Waals surface area (Å²) in [7, 11) is 0. The number of hydrogen-bond acceptors (Lipinski definition) is 1. The first kappa shape index (κ1) is 6.30. The largest absolute Gasteiger partial charge is 0.412 e. The third-order valence-electron chi connectivity index (χ3n) is 0.723. The fourth-order valence-corrected chi connectivity index (χ4v) is 0.419. The first-order chi connectivity index (χ1) is 2.89. The van der Waals surface area contributed by atoms with E-state index in [1.54, 1.807) is 6.21 Å². The molecule has 1 aliphatic rings. The Labute approximate surface area is 41.4 Å². The molecule has 3 heteroatoms. The van der Waals surface area contributed by atoms with Gasteiger partial charge in [-0.2, -0.15) is 0 Å². The summed E-state index contributed by atoms with van der Waals surface area (Å²) >= 11 is 0. The lowest BCUT2D eigenvalue weighted by molar-refractivity contribution is -0.117. The number of carbonyl (C=O) groups is 1. The van der Waals surface area contributed by atoms with E-state index in [1.165, 1.54) is 0 Å². The smallest absolute Gasteiger partial charge is 0.245 e. The van der Waals surface area contributed by atoms with E-state index in [0.29, 0.717) is 6.42 Å². The standard InChI is InChI=1S/C4H5NO.H2O/c6-4-2-1-3-5-4;/h3H,1-2H2;1H2. The Kier molecular flexibility index (Phi) is 2.22. The quantitative estimate of drug-likeness (QED) is 0.407. The van der Waals surface area contributed by atoms with Crippen molar-refractivity contribution in [2.75, 3.05) is 0 Å².